The van der Waals surface area contributed by atoms with Gasteiger partial charge in [-0.1, -0.05) is 51.1 Å². The van der Waals surface area contributed by atoms with Crippen LogP contribution in [0.25, 0.3) is 6.08 Å². The van der Waals surface area contributed by atoms with Gasteiger partial charge in [0.05, 0.1) is 5.60 Å². The Kier molecular flexibility index (Phi) is 3.23. The van der Waals surface area contributed by atoms with Gasteiger partial charge in [-0.3, -0.25) is 4.79 Å². The zero-order valence-corrected chi connectivity index (χ0v) is 13.6. The quantitative estimate of drug-likeness (QED) is 0.677. The minimum absolute atomic E-state index is 0.111. The highest BCUT2D eigenvalue weighted by molar-refractivity contribution is 6.09. The first-order valence-corrected chi connectivity index (χ1v) is 7.95. The van der Waals surface area contributed by atoms with Gasteiger partial charge in [-0.15, -0.1) is 6.58 Å². The monoisotopic (exact) mass is 296 g/mol. The van der Waals surface area contributed by atoms with E-state index < -0.39 is 16.4 Å². The van der Waals surface area contributed by atoms with E-state index in [1.165, 1.54) is 0 Å². The molecule has 0 radical (unpaired) electrons. The summed E-state index contributed by atoms with van der Waals surface area (Å²) < 4.78 is 0. The minimum Gasteiger partial charge on any atom is -0.384 e. The van der Waals surface area contributed by atoms with Crippen molar-refractivity contribution in [1.82, 2.24) is 0 Å². The number of carbonyl (C=O) groups excluding carboxylic acids is 1. The summed E-state index contributed by atoms with van der Waals surface area (Å²) in [5.41, 5.74) is 0.851. The fourth-order valence-electron chi connectivity index (χ4n) is 4.19. The van der Waals surface area contributed by atoms with Crippen molar-refractivity contribution >= 4 is 11.9 Å². The summed E-state index contributed by atoms with van der Waals surface area (Å²) in [4.78, 5) is 12.9. The lowest BCUT2D eigenvalue weighted by Crippen LogP contribution is -2.40. The van der Waals surface area contributed by atoms with Crippen LogP contribution in [0.2, 0.25) is 0 Å². The second-order valence-electron chi connectivity index (χ2n) is 7.44. The van der Waals surface area contributed by atoms with Crippen molar-refractivity contribution in [3.63, 3.8) is 0 Å². The zero-order valence-electron chi connectivity index (χ0n) is 13.6. The summed E-state index contributed by atoms with van der Waals surface area (Å²) in [5.74, 6) is 0.111. The van der Waals surface area contributed by atoms with E-state index in [1.54, 1.807) is 0 Å². The van der Waals surface area contributed by atoms with E-state index in [0.29, 0.717) is 12.0 Å². The van der Waals surface area contributed by atoms with Crippen molar-refractivity contribution in [2.75, 3.05) is 0 Å². The Labute approximate surface area is 132 Å². The number of fused-ring (bicyclic) bond motifs is 2. The Morgan fingerprint density at radius 1 is 1.27 bits per heavy atom. The topological polar surface area (TPSA) is 37.3 Å². The molecule has 2 aliphatic rings. The average molecular weight is 296 g/mol. The third-order valence-corrected chi connectivity index (χ3v) is 6.23. The molecule has 22 heavy (non-hydrogen) atoms. The predicted octanol–water partition coefficient (Wildman–Crippen LogP) is 3.94. The predicted molar refractivity (Wildman–Crippen MR) is 89.4 cm³/mol. The number of benzene rings is 1. The number of carbonyl (C=O) groups is 1. The maximum Gasteiger partial charge on any atom is 0.168 e. The first-order chi connectivity index (χ1) is 10.3. The second-order valence-corrected chi connectivity index (χ2v) is 7.44. The number of aliphatic hydroxyl groups is 1. The molecular weight excluding hydrogens is 272 g/mol. The molecule has 1 N–H and O–H groups in total. The van der Waals surface area contributed by atoms with Gasteiger partial charge in [-0.25, -0.2) is 0 Å². The highest BCUT2D eigenvalue weighted by Crippen LogP contribution is 2.67. The van der Waals surface area contributed by atoms with E-state index in [2.05, 4.69) is 12.6 Å². The molecule has 3 rings (SSSR count). The van der Waals surface area contributed by atoms with Gasteiger partial charge in [-0.05, 0) is 36.5 Å². The molecule has 2 bridgehead atoms. The van der Waals surface area contributed by atoms with Crippen molar-refractivity contribution < 1.29 is 9.90 Å². The van der Waals surface area contributed by atoms with E-state index in [9.17, 15) is 9.90 Å². The minimum atomic E-state index is -1.01. The molecule has 0 aliphatic heterocycles. The normalized spacial score (nSPS) is 34.4. The molecule has 2 aliphatic carbocycles. The molecule has 0 heterocycles. The molecule has 2 fully saturated rings. The van der Waals surface area contributed by atoms with Crippen LogP contribution in [0.3, 0.4) is 0 Å². The van der Waals surface area contributed by atoms with Gasteiger partial charge in [0.25, 0.3) is 0 Å². The van der Waals surface area contributed by atoms with Crippen molar-refractivity contribution in [2.24, 2.45) is 10.8 Å². The number of hydrogen-bond donors (Lipinski definition) is 1. The first kappa shape index (κ1) is 15.2. The molecule has 2 heteroatoms. The van der Waals surface area contributed by atoms with Crippen LogP contribution in [-0.4, -0.2) is 16.5 Å². The summed E-state index contributed by atoms with van der Waals surface area (Å²) in [7, 11) is 0. The molecule has 1 aromatic rings. The van der Waals surface area contributed by atoms with Gasteiger partial charge in [0.15, 0.2) is 5.78 Å². The van der Waals surface area contributed by atoms with Gasteiger partial charge in [-0.2, -0.15) is 0 Å². The largest absolute Gasteiger partial charge is 0.384 e. The van der Waals surface area contributed by atoms with Crippen LogP contribution < -0.4 is 0 Å². The van der Waals surface area contributed by atoms with Gasteiger partial charge >= 0.3 is 0 Å². The molecule has 1 aromatic carbocycles. The Hall–Kier alpha value is -1.67. The summed E-state index contributed by atoms with van der Waals surface area (Å²) in [5, 5.41) is 11.2. The average Bonchev–Trinajstić information content (AvgIpc) is 2.71. The fraction of sp³-hybridized carbons (Fsp3) is 0.450. The lowest BCUT2D eigenvalue weighted by molar-refractivity contribution is -0.125. The Balaban J connectivity index is 2.07. The number of Topliss-reactive ketones (excluding diaryl/α,β-unsaturated/α-hetero) is 1. The molecular formula is C20H24O2. The van der Waals surface area contributed by atoms with Crippen LogP contribution in [0.5, 0.6) is 0 Å². The standard InChI is InChI=1S/C20H24O2/c1-5-7-14-8-6-9-15(12-14)13-16-17(21)19(4)10-11-20(16,22)18(19,2)3/h5-6,8-9,12-13,22H,1,7,10-11H2,2-4H3. The van der Waals surface area contributed by atoms with Crippen LogP contribution in [0.4, 0.5) is 0 Å². The molecule has 116 valence electrons. The number of allylic oxidation sites excluding steroid dienone is 1. The van der Waals surface area contributed by atoms with Gasteiger partial charge in [0.1, 0.15) is 0 Å². The van der Waals surface area contributed by atoms with E-state index >= 15 is 0 Å². The third kappa shape index (κ3) is 1.73. The van der Waals surface area contributed by atoms with Crippen LogP contribution in [0, 0.1) is 10.8 Å². The van der Waals surface area contributed by atoms with E-state index in [-0.39, 0.29) is 5.78 Å². The molecule has 0 saturated heterocycles. The summed E-state index contributed by atoms with van der Waals surface area (Å²) >= 11 is 0. The maximum absolute atomic E-state index is 12.9. The number of rotatable bonds is 3. The smallest absolute Gasteiger partial charge is 0.168 e. The van der Waals surface area contributed by atoms with Crippen LogP contribution >= 0.6 is 0 Å². The number of hydrogen-bond acceptors (Lipinski definition) is 2. The van der Waals surface area contributed by atoms with Gasteiger partial charge < -0.3 is 5.11 Å². The molecule has 2 atom stereocenters. The Bertz CT molecular complexity index is 683. The fourth-order valence-corrected chi connectivity index (χ4v) is 4.19. The van der Waals surface area contributed by atoms with Crippen LogP contribution in [0.15, 0.2) is 42.5 Å². The SMILES string of the molecule is C=CCc1cccc(C=C2C(=O)C3(C)CCC2(O)C3(C)C)c1. The zero-order chi connectivity index (χ0) is 16.2. The lowest BCUT2D eigenvalue weighted by Gasteiger charge is -2.35. The van der Waals surface area contributed by atoms with Crippen molar-refractivity contribution in [3.05, 3.63) is 53.6 Å². The number of ketones is 1. The van der Waals surface area contributed by atoms with Crippen molar-refractivity contribution in [1.29, 1.82) is 0 Å². The molecule has 0 spiro atoms. The highest BCUT2D eigenvalue weighted by atomic mass is 16.3. The summed E-state index contributed by atoms with van der Waals surface area (Å²) in [6, 6.07) is 8.08. The molecule has 0 amide bonds. The van der Waals surface area contributed by atoms with Gasteiger partial charge in [0.2, 0.25) is 0 Å². The third-order valence-electron chi connectivity index (χ3n) is 6.23. The maximum atomic E-state index is 12.9. The summed E-state index contributed by atoms with van der Waals surface area (Å²) in [6.07, 6.45) is 6.00. The molecule has 2 unspecified atom stereocenters. The molecule has 2 saturated carbocycles. The Morgan fingerprint density at radius 3 is 2.59 bits per heavy atom. The molecule has 0 aromatic heterocycles. The van der Waals surface area contributed by atoms with Crippen LogP contribution in [-0.2, 0) is 11.2 Å². The van der Waals surface area contributed by atoms with Crippen molar-refractivity contribution in [2.45, 2.75) is 45.6 Å². The first-order valence-electron chi connectivity index (χ1n) is 7.95. The van der Waals surface area contributed by atoms with Crippen LogP contribution in [0.1, 0.15) is 44.7 Å². The van der Waals surface area contributed by atoms with Crippen molar-refractivity contribution in [3.8, 4) is 0 Å². The van der Waals surface area contributed by atoms with E-state index in [1.807, 2.05) is 51.1 Å². The van der Waals surface area contributed by atoms with E-state index in [0.717, 1.165) is 24.0 Å². The lowest BCUT2D eigenvalue weighted by atomic mass is 9.69. The highest BCUT2D eigenvalue weighted by Gasteiger charge is 2.71. The Morgan fingerprint density at radius 2 is 2.00 bits per heavy atom. The summed E-state index contributed by atoms with van der Waals surface area (Å²) in [6.45, 7) is 9.81. The molecule has 2 nitrogen and oxygen atoms in total. The second kappa shape index (κ2) is 4.66. The van der Waals surface area contributed by atoms with E-state index in [4.69, 9.17) is 0 Å². The van der Waals surface area contributed by atoms with Gasteiger partial charge in [0, 0.05) is 16.4 Å².